The van der Waals surface area contributed by atoms with Crippen LogP contribution >= 0.6 is 0 Å². The second-order valence-electron chi connectivity index (χ2n) is 4.07. The molecule has 0 radical (unpaired) electrons. The summed E-state index contributed by atoms with van der Waals surface area (Å²) in [6.45, 7) is 3.59. The van der Waals surface area contributed by atoms with E-state index in [1.807, 2.05) is 11.8 Å². The Morgan fingerprint density at radius 1 is 1.47 bits per heavy atom. The lowest BCUT2D eigenvalue weighted by molar-refractivity contribution is 0.122. The first-order valence-corrected chi connectivity index (χ1v) is 5.40. The fraction of sp³-hybridized carbons (Fsp3) is 0.500. The Morgan fingerprint density at radius 3 is 2.76 bits per heavy atom. The number of carboxylic acid groups (broad SMARTS) is 1. The topological polar surface area (TPSA) is 95.6 Å². The Kier molecular flexibility index (Phi) is 2.99. The molecule has 2 heterocycles. The van der Waals surface area contributed by atoms with Crippen LogP contribution in [0.1, 0.15) is 6.92 Å². The zero-order valence-electron chi connectivity index (χ0n) is 9.58. The Morgan fingerprint density at radius 2 is 2.24 bits per heavy atom. The van der Waals surface area contributed by atoms with Crippen LogP contribution in [-0.4, -0.2) is 51.7 Å². The number of carbonyl (C=O) groups is 1. The van der Waals surface area contributed by atoms with Crippen LogP contribution in [0.25, 0.3) is 0 Å². The highest BCUT2D eigenvalue weighted by atomic mass is 16.4. The molecule has 17 heavy (non-hydrogen) atoms. The molecular weight excluding hydrogens is 222 g/mol. The van der Waals surface area contributed by atoms with Gasteiger partial charge in [0.1, 0.15) is 11.6 Å². The summed E-state index contributed by atoms with van der Waals surface area (Å²) in [5, 5.41) is 8.96. The molecule has 92 valence electrons. The SMILES string of the molecule is CC1CN(c2cnc(N)cn2)CCN1C(=O)O. The van der Waals surface area contributed by atoms with Gasteiger partial charge in [-0.1, -0.05) is 0 Å². The van der Waals surface area contributed by atoms with E-state index in [9.17, 15) is 4.79 Å². The summed E-state index contributed by atoms with van der Waals surface area (Å²) in [5.41, 5.74) is 5.47. The molecule has 0 saturated carbocycles. The highest BCUT2D eigenvalue weighted by molar-refractivity contribution is 5.66. The second-order valence-corrected chi connectivity index (χ2v) is 4.07. The van der Waals surface area contributed by atoms with Crippen molar-refractivity contribution in [3.8, 4) is 0 Å². The van der Waals surface area contributed by atoms with Crippen molar-refractivity contribution in [2.24, 2.45) is 0 Å². The molecule has 0 aromatic carbocycles. The summed E-state index contributed by atoms with van der Waals surface area (Å²) < 4.78 is 0. The average molecular weight is 237 g/mol. The van der Waals surface area contributed by atoms with E-state index in [0.29, 0.717) is 25.5 Å². The number of nitrogens with two attached hydrogens (primary N) is 1. The molecule has 1 fully saturated rings. The lowest BCUT2D eigenvalue weighted by atomic mass is 10.2. The lowest BCUT2D eigenvalue weighted by Gasteiger charge is -2.38. The van der Waals surface area contributed by atoms with Crippen molar-refractivity contribution in [2.45, 2.75) is 13.0 Å². The first-order chi connectivity index (χ1) is 8.08. The standard InChI is InChI=1S/C10H15N5O2/c1-7-6-14(2-3-15(7)10(16)17)9-5-12-8(11)4-13-9/h4-5,7H,2-3,6H2,1H3,(H2,11,12)(H,16,17). The Labute approximate surface area is 98.9 Å². The fourth-order valence-corrected chi connectivity index (χ4v) is 1.94. The van der Waals surface area contributed by atoms with Crippen molar-refractivity contribution in [1.29, 1.82) is 0 Å². The van der Waals surface area contributed by atoms with Gasteiger partial charge in [0.25, 0.3) is 0 Å². The van der Waals surface area contributed by atoms with Crippen molar-refractivity contribution in [1.82, 2.24) is 14.9 Å². The molecular formula is C10H15N5O2. The Bertz CT molecular complexity index is 408. The summed E-state index contributed by atoms with van der Waals surface area (Å²) in [5.74, 6) is 1.11. The predicted octanol–water partition coefficient (Wildman–Crippen LogP) is 0.247. The zero-order valence-corrected chi connectivity index (χ0v) is 9.58. The summed E-state index contributed by atoms with van der Waals surface area (Å²) >= 11 is 0. The molecule has 3 N–H and O–H groups in total. The molecule has 0 bridgehead atoms. The molecule has 2 rings (SSSR count). The molecule has 1 atom stereocenters. The van der Waals surface area contributed by atoms with E-state index < -0.39 is 6.09 Å². The van der Waals surface area contributed by atoms with Gasteiger partial charge in [0.05, 0.1) is 12.4 Å². The molecule has 0 aliphatic carbocycles. The summed E-state index contributed by atoms with van der Waals surface area (Å²) in [7, 11) is 0. The van der Waals surface area contributed by atoms with Crippen LogP contribution in [0.4, 0.5) is 16.4 Å². The van der Waals surface area contributed by atoms with Crippen LogP contribution in [-0.2, 0) is 0 Å². The molecule has 1 aromatic heterocycles. The molecule has 7 nitrogen and oxygen atoms in total. The average Bonchev–Trinajstić information content (AvgIpc) is 2.29. The van der Waals surface area contributed by atoms with Gasteiger partial charge in [0, 0.05) is 25.7 Å². The van der Waals surface area contributed by atoms with Gasteiger partial charge in [-0.3, -0.25) is 0 Å². The quantitative estimate of drug-likeness (QED) is 0.726. The van der Waals surface area contributed by atoms with Gasteiger partial charge in [0.15, 0.2) is 0 Å². The number of piperazine rings is 1. The van der Waals surface area contributed by atoms with Crippen LogP contribution in [0.15, 0.2) is 12.4 Å². The van der Waals surface area contributed by atoms with Crippen molar-refractivity contribution in [2.75, 3.05) is 30.3 Å². The van der Waals surface area contributed by atoms with E-state index in [-0.39, 0.29) is 6.04 Å². The number of anilines is 2. The van der Waals surface area contributed by atoms with Crippen molar-refractivity contribution in [3.05, 3.63) is 12.4 Å². The second kappa shape index (κ2) is 4.44. The summed E-state index contributed by atoms with van der Waals surface area (Å²) in [4.78, 5) is 22.5. The molecule has 1 aromatic rings. The van der Waals surface area contributed by atoms with Crippen molar-refractivity contribution in [3.63, 3.8) is 0 Å². The number of amides is 1. The van der Waals surface area contributed by atoms with E-state index in [0.717, 1.165) is 5.82 Å². The number of hydrogen-bond acceptors (Lipinski definition) is 5. The van der Waals surface area contributed by atoms with Crippen LogP contribution in [0.5, 0.6) is 0 Å². The van der Waals surface area contributed by atoms with Crippen LogP contribution in [0.3, 0.4) is 0 Å². The van der Waals surface area contributed by atoms with Gasteiger partial charge in [-0.15, -0.1) is 0 Å². The van der Waals surface area contributed by atoms with Gasteiger partial charge in [-0.25, -0.2) is 14.8 Å². The highest BCUT2D eigenvalue weighted by Crippen LogP contribution is 2.16. The maximum absolute atomic E-state index is 10.9. The molecule has 1 amide bonds. The number of rotatable bonds is 1. The first-order valence-electron chi connectivity index (χ1n) is 5.40. The minimum absolute atomic E-state index is 0.0550. The lowest BCUT2D eigenvalue weighted by Crippen LogP contribution is -2.53. The fourth-order valence-electron chi connectivity index (χ4n) is 1.94. The van der Waals surface area contributed by atoms with E-state index in [4.69, 9.17) is 10.8 Å². The number of aromatic nitrogens is 2. The predicted molar refractivity (Wildman–Crippen MR) is 62.9 cm³/mol. The first kappa shape index (κ1) is 11.4. The van der Waals surface area contributed by atoms with E-state index in [1.165, 1.54) is 11.1 Å². The third-order valence-corrected chi connectivity index (χ3v) is 2.86. The maximum Gasteiger partial charge on any atom is 0.407 e. The van der Waals surface area contributed by atoms with E-state index >= 15 is 0 Å². The Balaban J connectivity index is 2.06. The zero-order chi connectivity index (χ0) is 12.4. The number of nitrogens with zero attached hydrogens (tertiary/aromatic N) is 4. The maximum atomic E-state index is 10.9. The van der Waals surface area contributed by atoms with Gasteiger partial charge >= 0.3 is 6.09 Å². The van der Waals surface area contributed by atoms with Crippen molar-refractivity contribution < 1.29 is 9.90 Å². The summed E-state index contributed by atoms with van der Waals surface area (Å²) in [6.07, 6.45) is 2.24. The highest BCUT2D eigenvalue weighted by Gasteiger charge is 2.27. The molecule has 0 spiro atoms. The molecule has 1 aliphatic rings. The van der Waals surface area contributed by atoms with E-state index in [2.05, 4.69) is 9.97 Å². The van der Waals surface area contributed by atoms with Gasteiger partial charge in [-0.05, 0) is 6.92 Å². The van der Waals surface area contributed by atoms with Gasteiger partial charge in [-0.2, -0.15) is 0 Å². The summed E-state index contributed by atoms with van der Waals surface area (Å²) in [6, 6.07) is -0.0550. The smallest absolute Gasteiger partial charge is 0.407 e. The minimum Gasteiger partial charge on any atom is -0.465 e. The number of hydrogen-bond donors (Lipinski definition) is 2. The third-order valence-electron chi connectivity index (χ3n) is 2.86. The number of nitrogen functional groups attached to an aromatic ring is 1. The normalized spacial score (nSPS) is 20.4. The van der Waals surface area contributed by atoms with E-state index in [1.54, 1.807) is 6.20 Å². The third kappa shape index (κ3) is 2.38. The molecule has 1 unspecified atom stereocenters. The molecule has 7 heteroatoms. The monoisotopic (exact) mass is 237 g/mol. The van der Waals surface area contributed by atoms with Crippen LogP contribution < -0.4 is 10.6 Å². The van der Waals surface area contributed by atoms with Crippen molar-refractivity contribution >= 4 is 17.7 Å². The van der Waals surface area contributed by atoms with Gasteiger partial charge < -0.3 is 20.6 Å². The molecule has 1 aliphatic heterocycles. The largest absolute Gasteiger partial charge is 0.465 e. The van der Waals surface area contributed by atoms with Gasteiger partial charge in [0.2, 0.25) is 0 Å². The van der Waals surface area contributed by atoms with Crippen LogP contribution in [0, 0.1) is 0 Å². The minimum atomic E-state index is -0.874. The van der Waals surface area contributed by atoms with Crippen LogP contribution in [0.2, 0.25) is 0 Å². The molecule has 1 saturated heterocycles. The Hall–Kier alpha value is -2.05.